The van der Waals surface area contributed by atoms with Crippen molar-refractivity contribution in [3.8, 4) is 0 Å². The molecule has 1 aromatic heterocycles. The van der Waals surface area contributed by atoms with Gasteiger partial charge >= 0.3 is 0 Å². The smallest absolute Gasteiger partial charge is 0.237 e. The molecular weight excluding hydrogens is 359 g/mol. The summed E-state index contributed by atoms with van der Waals surface area (Å²) in [5, 5.41) is 9.75. The molecule has 0 radical (unpaired) electrons. The van der Waals surface area contributed by atoms with Crippen molar-refractivity contribution in [3.63, 3.8) is 0 Å². The summed E-state index contributed by atoms with van der Waals surface area (Å²) >= 11 is 0. The average Bonchev–Trinajstić information content (AvgIpc) is 3.06. The number of rotatable bonds is 3. The fourth-order valence-electron chi connectivity index (χ4n) is 3.03. The van der Waals surface area contributed by atoms with Crippen molar-refractivity contribution in [3.05, 3.63) is 41.8 Å². The van der Waals surface area contributed by atoms with Gasteiger partial charge in [-0.1, -0.05) is 0 Å². The number of aromatic amines is 1. The fourth-order valence-corrected chi connectivity index (χ4v) is 3.03. The lowest BCUT2D eigenvalue weighted by Crippen LogP contribution is -2.58. The largest absolute Gasteiger partial charge is 0.369 e. The second kappa shape index (κ2) is 6.60. The molecule has 1 unspecified atom stereocenters. The van der Waals surface area contributed by atoms with Gasteiger partial charge in [0.25, 0.3) is 0 Å². The number of hydrogen-bond donors (Lipinski definition) is 3. The zero-order valence-electron chi connectivity index (χ0n) is 15.0. The first kappa shape index (κ1) is 19.7. The fraction of sp³-hybridized carbons (Fsp3) is 0.353. The normalized spacial score (nSPS) is 21.8. The van der Waals surface area contributed by atoms with Gasteiger partial charge < -0.3 is 11.1 Å². The van der Waals surface area contributed by atoms with E-state index < -0.39 is 16.8 Å². The predicted molar refractivity (Wildman–Crippen MR) is 101 cm³/mol. The van der Waals surface area contributed by atoms with E-state index in [4.69, 9.17) is 5.73 Å². The van der Waals surface area contributed by atoms with Crippen LogP contribution in [0.4, 0.5) is 15.9 Å². The van der Waals surface area contributed by atoms with Crippen molar-refractivity contribution in [1.29, 1.82) is 0 Å². The molecule has 9 heteroatoms. The number of amides is 1. The van der Waals surface area contributed by atoms with Gasteiger partial charge in [0, 0.05) is 24.4 Å². The Morgan fingerprint density at radius 2 is 1.96 bits per heavy atom. The van der Waals surface area contributed by atoms with E-state index >= 15 is 0 Å². The van der Waals surface area contributed by atoms with Gasteiger partial charge in [-0.3, -0.25) is 14.8 Å². The molecule has 2 aromatic rings. The van der Waals surface area contributed by atoms with Gasteiger partial charge in [-0.2, -0.15) is 5.10 Å². The molecule has 0 saturated carbocycles. The molecule has 0 bridgehead atoms. The summed E-state index contributed by atoms with van der Waals surface area (Å²) in [7, 11) is 1.56. The summed E-state index contributed by atoms with van der Waals surface area (Å²) in [4.78, 5) is 18.5. The van der Waals surface area contributed by atoms with Gasteiger partial charge in [0.15, 0.2) is 5.96 Å². The number of nitrogens with zero attached hydrogens (tertiary/aromatic N) is 3. The molecule has 3 rings (SSSR count). The summed E-state index contributed by atoms with van der Waals surface area (Å²) < 4.78 is 14.7. The van der Waals surface area contributed by atoms with Crippen LogP contribution in [0.1, 0.15) is 26.3 Å². The van der Waals surface area contributed by atoms with E-state index in [9.17, 15) is 9.18 Å². The molecule has 140 valence electrons. The van der Waals surface area contributed by atoms with Gasteiger partial charge in [-0.05, 0) is 39.0 Å². The number of carbonyl (C=O) groups is 1. The van der Waals surface area contributed by atoms with Gasteiger partial charge in [-0.15, -0.1) is 12.4 Å². The molecule has 0 fully saturated rings. The van der Waals surface area contributed by atoms with E-state index in [0.29, 0.717) is 17.1 Å². The number of halogens is 2. The van der Waals surface area contributed by atoms with E-state index in [0.717, 1.165) is 0 Å². The second-order valence-electron chi connectivity index (χ2n) is 6.82. The minimum Gasteiger partial charge on any atom is -0.369 e. The van der Waals surface area contributed by atoms with E-state index in [1.807, 2.05) is 0 Å². The van der Waals surface area contributed by atoms with Crippen LogP contribution in [-0.2, 0) is 10.3 Å². The van der Waals surface area contributed by atoms with Crippen molar-refractivity contribution in [2.24, 2.45) is 16.1 Å². The lowest BCUT2D eigenvalue weighted by atomic mass is 9.67. The van der Waals surface area contributed by atoms with Gasteiger partial charge in [0.05, 0.1) is 11.6 Å². The number of hydrogen-bond acceptors (Lipinski definition) is 5. The van der Waals surface area contributed by atoms with Crippen LogP contribution in [0.3, 0.4) is 0 Å². The Hall–Kier alpha value is -2.61. The highest BCUT2D eigenvalue weighted by Gasteiger charge is 2.53. The minimum atomic E-state index is -1.14. The Labute approximate surface area is 157 Å². The number of guanidine groups is 1. The summed E-state index contributed by atoms with van der Waals surface area (Å²) in [6.07, 6.45) is 1.61. The van der Waals surface area contributed by atoms with Crippen molar-refractivity contribution in [2.75, 3.05) is 12.4 Å². The van der Waals surface area contributed by atoms with E-state index in [1.54, 1.807) is 52.2 Å². The first-order chi connectivity index (χ1) is 11.7. The topological polar surface area (TPSA) is 99.4 Å². The number of nitrogens with two attached hydrogens (primary N) is 1. The predicted octanol–water partition coefficient (Wildman–Crippen LogP) is 2.74. The number of anilines is 2. The van der Waals surface area contributed by atoms with Crippen LogP contribution in [0.5, 0.6) is 0 Å². The molecule has 4 N–H and O–H groups in total. The molecular formula is C17H22ClFN6O. The molecule has 26 heavy (non-hydrogen) atoms. The number of benzene rings is 1. The van der Waals surface area contributed by atoms with Crippen molar-refractivity contribution in [2.45, 2.75) is 26.3 Å². The van der Waals surface area contributed by atoms with Crippen LogP contribution in [0.25, 0.3) is 0 Å². The third-order valence-electron chi connectivity index (χ3n) is 5.01. The molecule has 1 aliphatic rings. The number of aliphatic imine (C=N–C) groups is 1. The van der Waals surface area contributed by atoms with Crippen molar-refractivity contribution in [1.82, 2.24) is 15.1 Å². The third kappa shape index (κ3) is 2.90. The van der Waals surface area contributed by atoms with Gasteiger partial charge in [0.2, 0.25) is 5.91 Å². The quantitative estimate of drug-likeness (QED) is 0.762. The molecule has 0 aliphatic carbocycles. The highest BCUT2D eigenvalue weighted by Crippen LogP contribution is 2.47. The van der Waals surface area contributed by atoms with Gasteiger partial charge in [0.1, 0.15) is 17.2 Å². The summed E-state index contributed by atoms with van der Waals surface area (Å²) in [6, 6.07) is 6.36. The Morgan fingerprint density at radius 3 is 2.58 bits per heavy atom. The molecule has 1 amide bonds. The molecule has 0 saturated heterocycles. The van der Waals surface area contributed by atoms with Crippen LogP contribution < -0.4 is 11.1 Å². The highest BCUT2D eigenvalue weighted by molar-refractivity contribution is 6.01. The Morgan fingerprint density at radius 1 is 1.27 bits per heavy atom. The summed E-state index contributed by atoms with van der Waals surface area (Å²) in [5.74, 6) is 0.0797. The Balaban J connectivity index is 0.00000243. The van der Waals surface area contributed by atoms with Gasteiger partial charge in [-0.25, -0.2) is 9.38 Å². The van der Waals surface area contributed by atoms with Crippen molar-refractivity contribution >= 4 is 35.8 Å². The van der Waals surface area contributed by atoms with Crippen LogP contribution in [0, 0.1) is 11.2 Å². The summed E-state index contributed by atoms with van der Waals surface area (Å²) in [5.41, 5.74) is 4.74. The molecule has 1 aromatic carbocycles. The van der Waals surface area contributed by atoms with Crippen LogP contribution >= 0.6 is 12.4 Å². The first-order valence-corrected chi connectivity index (χ1v) is 7.87. The standard InChI is InChI=1S/C17H21FN6O.ClH/c1-16(2)14(25)24(4)15(19)22-17(16,3)11-9-10(5-6-12(11)18)21-13-7-8-20-23-13;/h5-9H,1-4H3,(H2,19,22)(H2,20,21,23);1H. The zero-order chi connectivity index (χ0) is 18.4. The SMILES string of the molecule is CN1C(=O)C(C)(C)C(C)(c2cc(Nc3ccn[nH]3)ccc2F)N=C1N.Cl. The van der Waals surface area contributed by atoms with E-state index in [2.05, 4.69) is 20.5 Å². The summed E-state index contributed by atoms with van der Waals surface area (Å²) in [6.45, 7) is 5.22. The molecule has 7 nitrogen and oxygen atoms in total. The lowest BCUT2D eigenvalue weighted by molar-refractivity contribution is -0.140. The molecule has 2 heterocycles. The minimum absolute atomic E-state index is 0. The monoisotopic (exact) mass is 380 g/mol. The van der Waals surface area contributed by atoms with Crippen LogP contribution in [-0.4, -0.2) is 34.0 Å². The van der Waals surface area contributed by atoms with Crippen LogP contribution in [0.15, 0.2) is 35.5 Å². The Kier molecular flexibility index (Phi) is 5.01. The highest BCUT2D eigenvalue weighted by atomic mass is 35.5. The van der Waals surface area contributed by atoms with Crippen molar-refractivity contribution < 1.29 is 9.18 Å². The maximum Gasteiger partial charge on any atom is 0.237 e. The number of H-pyrrole nitrogens is 1. The maximum atomic E-state index is 14.7. The van der Waals surface area contributed by atoms with Crippen LogP contribution in [0.2, 0.25) is 0 Å². The Bertz CT molecular complexity index is 851. The van der Waals surface area contributed by atoms with E-state index in [-0.39, 0.29) is 24.3 Å². The third-order valence-corrected chi connectivity index (χ3v) is 5.01. The first-order valence-electron chi connectivity index (χ1n) is 7.87. The number of nitrogens with one attached hydrogen (secondary N) is 2. The second-order valence-corrected chi connectivity index (χ2v) is 6.82. The number of aromatic nitrogens is 2. The zero-order valence-corrected chi connectivity index (χ0v) is 15.8. The molecule has 1 atom stereocenters. The molecule has 1 aliphatic heterocycles. The average molecular weight is 381 g/mol. The maximum absolute atomic E-state index is 14.7. The number of carbonyl (C=O) groups excluding carboxylic acids is 1. The van der Waals surface area contributed by atoms with E-state index in [1.165, 1.54) is 11.0 Å². The molecule has 0 spiro atoms. The lowest BCUT2D eigenvalue weighted by Gasteiger charge is -2.46.